The van der Waals surface area contributed by atoms with E-state index in [0.717, 1.165) is 38.7 Å². The maximum absolute atomic E-state index is 5.90. The average Bonchev–Trinajstić information content (AvgIpc) is 2.95. The molecule has 0 aromatic rings. The summed E-state index contributed by atoms with van der Waals surface area (Å²) in [6.45, 7) is 11.4. The molecule has 0 aromatic heterocycles. The first-order chi connectivity index (χ1) is 19.3. The normalized spacial score (nSPS) is 11.7. The van der Waals surface area contributed by atoms with Crippen molar-refractivity contribution < 1.29 is 9.47 Å². The Morgan fingerprint density at radius 2 is 0.718 bits per heavy atom. The molecule has 0 fully saturated rings. The molecule has 0 aliphatic carbocycles. The SMILES string of the molecule is CCCCCCCCCCCCCCN(CCCCCCCCCCCCCC)CCOCCOCCSC. The van der Waals surface area contributed by atoms with Gasteiger partial charge in [-0.25, -0.2) is 0 Å². The van der Waals surface area contributed by atoms with Crippen molar-refractivity contribution in [3.63, 3.8) is 0 Å². The van der Waals surface area contributed by atoms with Gasteiger partial charge in [-0.15, -0.1) is 0 Å². The van der Waals surface area contributed by atoms with Crippen molar-refractivity contribution in [3.05, 3.63) is 0 Å². The van der Waals surface area contributed by atoms with Crippen LogP contribution in [-0.4, -0.2) is 63.0 Å². The maximum Gasteiger partial charge on any atom is 0.0701 e. The Kier molecular flexibility index (Phi) is 36.5. The van der Waals surface area contributed by atoms with Gasteiger partial charge in [-0.05, 0) is 32.2 Å². The molecule has 4 heteroatoms. The van der Waals surface area contributed by atoms with Gasteiger partial charge in [0.25, 0.3) is 0 Å². The first-order valence-electron chi connectivity index (χ1n) is 17.7. The molecule has 0 unspecified atom stereocenters. The van der Waals surface area contributed by atoms with Crippen LogP contribution in [0.15, 0.2) is 0 Å². The largest absolute Gasteiger partial charge is 0.378 e. The van der Waals surface area contributed by atoms with Crippen LogP contribution in [-0.2, 0) is 9.47 Å². The average molecular weight is 572 g/mol. The van der Waals surface area contributed by atoms with Crippen LogP contribution in [0.5, 0.6) is 0 Å². The number of thioether (sulfide) groups is 1. The van der Waals surface area contributed by atoms with Gasteiger partial charge in [-0.2, -0.15) is 11.8 Å². The molecule has 0 saturated carbocycles. The van der Waals surface area contributed by atoms with Crippen LogP contribution >= 0.6 is 11.8 Å². The van der Waals surface area contributed by atoms with E-state index in [1.54, 1.807) is 0 Å². The van der Waals surface area contributed by atoms with Gasteiger partial charge < -0.3 is 14.4 Å². The third kappa shape index (κ3) is 34.3. The van der Waals surface area contributed by atoms with Crippen molar-refractivity contribution in [1.82, 2.24) is 4.90 Å². The topological polar surface area (TPSA) is 21.7 Å². The number of nitrogens with zero attached hydrogens (tertiary/aromatic N) is 1. The van der Waals surface area contributed by atoms with E-state index in [9.17, 15) is 0 Å². The molecule has 0 aliphatic rings. The predicted molar refractivity (Wildman–Crippen MR) is 179 cm³/mol. The van der Waals surface area contributed by atoms with Crippen LogP contribution in [0.2, 0.25) is 0 Å². The molecule has 236 valence electrons. The summed E-state index contributed by atoms with van der Waals surface area (Å²) >= 11 is 1.84. The molecule has 3 nitrogen and oxygen atoms in total. The lowest BCUT2D eigenvalue weighted by Crippen LogP contribution is -2.30. The van der Waals surface area contributed by atoms with Gasteiger partial charge in [0.2, 0.25) is 0 Å². The summed E-state index contributed by atoms with van der Waals surface area (Å²) in [5.74, 6) is 1.08. The van der Waals surface area contributed by atoms with E-state index >= 15 is 0 Å². The molecule has 0 saturated heterocycles. The third-order valence-corrected chi connectivity index (χ3v) is 8.59. The van der Waals surface area contributed by atoms with Crippen molar-refractivity contribution in [2.45, 2.75) is 168 Å². The summed E-state index contributed by atoms with van der Waals surface area (Å²) in [4.78, 5) is 2.68. The van der Waals surface area contributed by atoms with Gasteiger partial charge in [0, 0.05) is 12.3 Å². The van der Waals surface area contributed by atoms with E-state index in [0.29, 0.717) is 0 Å². The van der Waals surface area contributed by atoms with Gasteiger partial charge in [0.1, 0.15) is 0 Å². The Morgan fingerprint density at radius 3 is 1.08 bits per heavy atom. The van der Waals surface area contributed by atoms with Gasteiger partial charge in [0.05, 0.1) is 26.4 Å². The van der Waals surface area contributed by atoms with Crippen LogP contribution in [0.25, 0.3) is 0 Å². The zero-order valence-corrected chi connectivity index (χ0v) is 28.1. The van der Waals surface area contributed by atoms with E-state index in [4.69, 9.17) is 9.47 Å². The van der Waals surface area contributed by atoms with E-state index in [2.05, 4.69) is 25.0 Å². The first-order valence-corrected chi connectivity index (χ1v) is 19.1. The molecule has 0 rings (SSSR count). The molecule has 39 heavy (non-hydrogen) atoms. The number of unbranched alkanes of at least 4 members (excludes halogenated alkanes) is 22. The fourth-order valence-electron chi connectivity index (χ4n) is 5.35. The maximum atomic E-state index is 5.90. The number of ether oxygens (including phenoxy) is 2. The smallest absolute Gasteiger partial charge is 0.0701 e. The number of hydrogen-bond donors (Lipinski definition) is 0. The van der Waals surface area contributed by atoms with Crippen molar-refractivity contribution in [1.29, 1.82) is 0 Å². The van der Waals surface area contributed by atoms with E-state index in [1.807, 2.05) is 11.8 Å². The highest BCUT2D eigenvalue weighted by Gasteiger charge is 2.05. The second-order valence-electron chi connectivity index (χ2n) is 11.8. The Balaban J connectivity index is 3.84. The molecule has 0 N–H and O–H groups in total. The van der Waals surface area contributed by atoms with Crippen LogP contribution in [0.3, 0.4) is 0 Å². The summed E-state index contributed by atoms with van der Waals surface area (Å²) in [6, 6.07) is 0. The second kappa shape index (κ2) is 36.3. The summed E-state index contributed by atoms with van der Waals surface area (Å²) in [5, 5.41) is 0. The first kappa shape index (κ1) is 39.2. The highest BCUT2D eigenvalue weighted by Crippen LogP contribution is 2.14. The van der Waals surface area contributed by atoms with Crippen molar-refractivity contribution >= 4 is 11.8 Å². The van der Waals surface area contributed by atoms with Crippen LogP contribution in [0, 0.1) is 0 Å². The summed E-state index contributed by atoms with van der Waals surface area (Å²) in [6.07, 6.45) is 36.4. The Hall–Kier alpha value is 0.230. The van der Waals surface area contributed by atoms with Crippen LogP contribution in [0.4, 0.5) is 0 Å². The molecule has 0 atom stereocenters. The van der Waals surface area contributed by atoms with Gasteiger partial charge in [-0.1, -0.05) is 155 Å². The van der Waals surface area contributed by atoms with Crippen LogP contribution in [0.1, 0.15) is 168 Å². The molecular weight excluding hydrogens is 498 g/mol. The standard InChI is InChI=1S/C35H73NO2S/c1-4-6-8-10-12-14-16-18-20-22-24-26-28-36(30-31-37-32-33-38-34-35-39-3)29-27-25-23-21-19-17-15-13-11-9-7-5-2/h4-35H2,1-3H3. The van der Waals surface area contributed by atoms with E-state index < -0.39 is 0 Å². The molecule has 0 aromatic carbocycles. The zero-order chi connectivity index (χ0) is 28.3. The number of hydrogen-bond acceptors (Lipinski definition) is 4. The molecule has 0 amide bonds. The van der Waals surface area contributed by atoms with E-state index in [1.165, 1.54) is 167 Å². The van der Waals surface area contributed by atoms with E-state index in [-0.39, 0.29) is 0 Å². The van der Waals surface area contributed by atoms with Crippen molar-refractivity contribution in [2.75, 3.05) is 58.1 Å². The monoisotopic (exact) mass is 572 g/mol. The molecule has 0 heterocycles. The quantitative estimate of drug-likeness (QED) is 0.0705. The minimum absolute atomic E-state index is 0.734. The zero-order valence-electron chi connectivity index (χ0n) is 27.3. The lowest BCUT2D eigenvalue weighted by molar-refractivity contribution is 0.0432. The Morgan fingerprint density at radius 1 is 0.385 bits per heavy atom. The minimum atomic E-state index is 0.734. The lowest BCUT2D eigenvalue weighted by atomic mass is 10.0. The van der Waals surface area contributed by atoms with Crippen LogP contribution < -0.4 is 0 Å². The number of rotatable bonds is 35. The molecular formula is C35H73NO2S. The lowest BCUT2D eigenvalue weighted by Gasteiger charge is -2.22. The highest BCUT2D eigenvalue weighted by atomic mass is 32.2. The predicted octanol–water partition coefficient (Wildman–Crippen LogP) is 11.1. The fraction of sp³-hybridized carbons (Fsp3) is 1.00. The molecule has 0 aliphatic heterocycles. The van der Waals surface area contributed by atoms with Gasteiger partial charge >= 0.3 is 0 Å². The minimum Gasteiger partial charge on any atom is -0.378 e. The Bertz CT molecular complexity index is 395. The fourth-order valence-corrected chi connectivity index (χ4v) is 5.63. The summed E-state index contributed by atoms with van der Waals surface area (Å²) in [5.41, 5.74) is 0. The molecule has 0 spiro atoms. The molecule has 0 bridgehead atoms. The highest BCUT2D eigenvalue weighted by molar-refractivity contribution is 7.98. The Labute approximate surface area is 251 Å². The van der Waals surface area contributed by atoms with Gasteiger partial charge in [-0.3, -0.25) is 0 Å². The second-order valence-corrected chi connectivity index (χ2v) is 12.8. The van der Waals surface area contributed by atoms with Crippen molar-refractivity contribution in [2.24, 2.45) is 0 Å². The molecule has 0 radical (unpaired) electrons. The summed E-state index contributed by atoms with van der Waals surface area (Å²) in [7, 11) is 0. The van der Waals surface area contributed by atoms with Crippen molar-refractivity contribution in [3.8, 4) is 0 Å². The summed E-state index contributed by atoms with van der Waals surface area (Å²) < 4.78 is 11.5. The van der Waals surface area contributed by atoms with Gasteiger partial charge in [0.15, 0.2) is 0 Å². The third-order valence-electron chi connectivity index (χ3n) is 8.01.